The van der Waals surface area contributed by atoms with Gasteiger partial charge in [0.25, 0.3) is 0 Å². The van der Waals surface area contributed by atoms with E-state index >= 15 is 0 Å². The largest absolute Gasteiger partial charge is 0.373 e. The zero-order chi connectivity index (χ0) is 18.6. The first-order chi connectivity index (χ1) is 12.7. The van der Waals surface area contributed by atoms with Crippen molar-refractivity contribution in [3.05, 3.63) is 0 Å². The molecule has 0 aromatic rings. The predicted octanol–water partition coefficient (Wildman–Crippen LogP) is 5.62. The van der Waals surface area contributed by atoms with E-state index in [1.165, 1.54) is 51.4 Å². The molecule has 5 atom stereocenters. The van der Waals surface area contributed by atoms with Gasteiger partial charge < -0.3 is 18.9 Å². The lowest BCUT2D eigenvalue weighted by Crippen LogP contribution is -2.33. The van der Waals surface area contributed by atoms with Crippen molar-refractivity contribution in [2.75, 3.05) is 13.9 Å². The zero-order valence-electron chi connectivity index (χ0n) is 17.4. The molecule has 154 valence electrons. The lowest BCUT2D eigenvalue weighted by Gasteiger charge is -2.25. The van der Waals surface area contributed by atoms with E-state index in [1.807, 2.05) is 0 Å². The van der Waals surface area contributed by atoms with Gasteiger partial charge in [-0.25, -0.2) is 0 Å². The second-order valence-electron chi connectivity index (χ2n) is 8.23. The zero-order valence-corrected chi connectivity index (χ0v) is 17.4. The molecule has 0 aromatic heterocycles. The maximum Gasteiger partial charge on any atom is 0.146 e. The molecule has 2 heterocycles. The molecule has 0 amide bonds. The van der Waals surface area contributed by atoms with Gasteiger partial charge in [-0.2, -0.15) is 0 Å². The van der Waals surface area contributed by atoms with Crippen LogP contribution < -0.4 is 0 Å². The van der Waals surface area contributed by atoms with Gasteiger partial charge in [0.15, 0.2) is 0 Å². The third-order valence-electron chi connectivity index (χ3n) is 5.92. The van der Waals surface area contributed by atoms with Gasteiger partial charge in [0.2, 0.25) is 0 Å². The van der Waals surface area contributed by atoms with Crippen LogP contribution in [0.15, 0.2) is 0 Å². The highest BCUT2D eigenvalue weighted by Crippen LogP contribution is 2.33. The van der Waals surface area contributed by atoms with Crippen LogP contribution in [-0.4, -0.2) is 44.4 Å². The van der Waals surface area contributed by atoms with Gasteiger partial charge in [0.1, 0.15) is 6.79 Å². The lowest BCUT2D eigenvalue weighted by molar-refractivity contribution is -0.141. The molecule has 2 saturated heterocycles. The molecule has 0 unspecified atom stereocenters. The Morgan fingerprint density at radius 3 is 2.15 bits per heavy atom. The number of hydrogen-bond donors (Lipinski definition) is 0. The maximum absolute atomic E-state index is 6.37. The quantitative estimate of drug-likeness (QED) is 0.294. The van der Waals surface area contributed by atoms with E-state index in [-0.39, 0.29) is 18.3 Å². The summed E-state index contributed by atoms with van der Waals surface area (Å²) < 4.78 is 23.5. The Kier molecular flexibility index (Phi) is 11.1. The van der Waals surface area contributed by atoms with Crippen molar-refractivity contribution in [3.63, 3.8) is 0 Å². The summed E-state index contributed by atoms with van der Waals surface area (Å²) in [4.78, 5) is 0. The first-order valence-electron chi connectivity index (χ1n) is 11.2. The van der Waals surface area contributed by atoms with Crippen LogP contribution in [0.3, 0.4) is 0 Å². The molecule has 0 radical (unpaired) electrons. The molecule has 0 saturated carbocycles. The fourth-order valence-corrected chi connectivity index (χ4v) is 4.35. The number of unbranched alkanes of at least 4 members (excludes halogenated alkanes) is 7. The fraction of sp³-hybridized carbons (Fsp3) is 1.00. The summed E-state index contributed by atoms with van der Waals surface area (Å²) in [6, 6.07) is 0. The fourth-order valence-electron chi connectivity index (χ4n) is 4.35. The van der Waals surface area contributed by atoms with Crippen molar-refractivity contribution in [3.8, 4) is 0 Å². The summed E-state index contributed by atoms with van der Waals surface area (Å²) in [5.74, 6) is 0. The highest BCUT2D eigenvalue weighted by atomic mass is 16.7. The molecule has 0 bridgehead atoms. The molecule has 4 nitrogen and oxygen atoms in total. The van der Waals surface area contributed by atoms with Crippen LogP contribution in [0.5, 0.6) is 0 Å². The van der Waals surface area contributed by atoms with Gasteiger partial charge >= 0.3 is 0 Å². The van der Waals surface area contributed by atoms with Gasteiger partial charge in [0, 0.05) is 7.11 Å². The molecule has 2 aliphatic heterocycles. The molecule has 2 aliphatic rings. The van der Waals surface area contributed by atoms with Crippen molar-refractivity contribution >= 4 is 0 Å². The SMILES string of the molecule is CCCCCCCCCC[C@@H](OCOC)[C@H]1CC[C@H]([C@H]2CC[C@H](C)O2)O1. The van der Waals surface area contributed by atoms with Gasteiger partial charge in [-0.05, 0) is 39.0 Å². The third kappa shape index (κ3) is 7.84. The van der Waals surface area contributed by atoms with Crippen LogP contribution >= 0.6 is 0 Å². The minimum atomic E-state index is 0.166. The van der Waals surface area contributed by atoms with Crippen LogP contribution in [0.1, 0.15) is 97.3 Å². The van der Waals surface area contributed by atoms with Crippen LogP contribution in [0.25, 0.3) is 0 Å². The van der Waals surface area contributed by atoms with Crippen molar-refractivity contribution < 1.29 is 18.9 Å². The normalized spacial score (nSPS) is 30.1. The van der Waals surface area contributed by atoms with Crippen molar-refractivity contribution in [2.45, 2.75) is 128 Å². The number of hydrogen-bond acceptors (Lipinski definition) is 4. The van der Waals surface area contributed by atoms with Crippen LogP contribution in [-0.2, 0) is 18.9 Å². The standard InChI is InChI=1S/C22H42O4/c1-4-5-6-7-8-9-10-11-12-19(24-17-23-3)20-15-16-22(26-20)21-14-13-18(2)25-21/h18-22H,4-17H2,1-3H3/t18-,19+,20+,21+,22+/m0/s1. The molecule has 0 N–H and O–H groups in total. The van der Waals surface area contributed by atoms with Crippen molar-refractivity contribution in [2.24, 2.45) is 0 Å². The van der Waals surface area contributed by atoms with E-state index in [4.69, 9.17) is 18.9 Å². The van der Waals surface area contributed by atoms with E-state index in [2.05, 4.69) is 13.8 Å². The monoisotopic (exact) mass is 370 g/mol. The maximum atomic E-state index is 6.37. The molecule has 2 fully saturated rings. The Hall–Kier alpha value is -0.160. The topological polar surface area (TPSA) is 36.9 Å². The van der Waals surface area contributed by atoms with Crippen LogP contribution in [0, 0.1) is 0 Å². The summed E-state index contributed by atoms with van der Waals surface area (Å²) in [5.41, 5.74) is 0. The molecular formula is C22H42O4. The average molecular weight is 371 g/mol. The van der Waals surface area contributed by atoms with Crippen LogP contribution in [0.4, 0.5) is 0 Å². The van der Waals surface area contributed by atoms with Gasteiger partial charge in [-0.1, -0.05) is 58.3 Å². The van der Waals surface area contributed by atoms with Crippen molar-refractivity contribution in [1.29, 1.82) is 0 Å². The molecule has 0 aliphatic carbocycles. The highest BCUT2D eigenvalue weighted by Gasteiger charge is 2.39. The number of methoxy groups -OCH3 is 1. The number of ether oxygens (including phenoxy) is 4. The molecule has 4 heteroatoms. The molecule has 2 rings (SSSR count). The Labute approximate surface area is 161 Å². The van der Waals surface area contributed by atoms with E-state index < -0.39 is 0 Å². The first-order valence-corrected chi connectivity index (χ1v) is 11.2. The van der Waals surface area contributed by atoms with E-state index in [0.717, 1.165) is 32.1 Å². The van der Waals surface area contributed by atoms with Gasteiger partial charge in [-0.3, -0.25) is 0 Å². The minimum Gasteiger partial charge on any atom is -0.373 e. The molecule has 0 aromatic carbocycles. The van der Waals surface area contributed by atoms with Crippen LogP contribution in [0.2, 0.25) is 0 Å². The smallest absolute Gasteiger partial charge is 0.146 e. The Morgan fingerprint density at radius 2 is 1.50 bits per heavy atom. The Bertz CT molecular complexity index is 349. The van der Waals surface area contributed by atoms with Gasteiger partial charge in [0.05, 0.1) is 30.5 Å². The van der Waals surface area contributed by atoms with E-state index in [1.54, 1.807) is 7.11 Å². The summed E-state index contributed by atoms with van der Waals surface area (Å²) in [6.07, 6.45) is 17.7. The summed E-state index contributed by atoms with van der Waals surface area (Å²) >= 11 is 0. The Morgan fingerprint density at radius 1 is 0.846 bits per heavy atom. The lowest BCUT2D eigenvalue weighted by atomic mass is 10.0. The second-order valence-corrected chi connectivity index (χ2v) is 8.23. The third-order valence-corrected chi connectivity index (χ3v) is 5.92. The van der Waals surface area contributed by atoms with Gasteiger partial charge in [-0.15, -0.1) is 0 Å². The first kappa shape index (κ1) is 22.1. The summed E-state index contributed by atoms with van der Waals surface area (Å²) in [6.45, 7) is 4.80. The van der Waals surface area contributed by atoms with Crippen molar-refractivity contribution in [1.82, 2.24) is 0 Å². The second kappa shape index (κ2) is 13.1. The summed E-state index contributed by atoms with van der Waals surface area (Å²) in [5, 5.41) is 0. The highest BCUT2D eigenvalue weighted by molar-refractivity contribution is 4.87. The summed E-state index contributed by atoms with van der Waals surface area (Å²) in [7, 11) is 1.69. The molecule has 26 heavy (non-hydrogen) atoms. The average Bonchev–Trinajstić information content (AvgIpc) is 3.29. The molecule has 0 spiro atoms. The number of rotatable bonds is 14. The molecular weight excluding hydrogens is 328 g/mol. The van der Waals surface area contributed by atoms with E-state index in [0.29, 0.717) is 19.0 Å². The van der Waals surface area contributed by atoms with E-state index in [9.17, 15) is 0 Å². The Balaban J connectivity index is 1.64. The predicted molar refractivity (Wildman–Crippen MR) is 105 cm³/mol. The minimum absolute atomic E-state index is 0.166.